The van der Waals surface area contributed by atoms with E-state index in [1.807, 2.05) is 62.7 Å². The maximum absolute atomic E-state index is 15.1. The van der Waals surface area contributed by atoms with Crippen LogP contribution in [0.2, 0.25) is 0 Å². The molecule has 0 fully saturated rings. The number of rotatable bonds is 29. The van der Waals surface area contributed by atoms with E-state index in [0.717, 1.165) is 30.3 Å². The fraction of sp³-hybridized carbons (Fsp3) is 0.535. The van der Waals surface area contributed by atoms with Crippen LogP contribution in [0.15, 0.2) is 60.8 Å². The predicted octanol–water partition coefficient (Wildman–Crippen LogP) is 2.47. The monoisotopic (exact) mass is 860 g/mol. The van der Waals surface area contributed by atoms with Gasteiger partial charge in [0.15, 0.2) is 0 Å². The van der Waals surface area contributed by atoms with Crippen LogP contribution in [-0.4, -0.2) is 142 Å². The molecule has 3 atom stereocenters. The lowest BCUT2D eigenvalue weighted by molar-refractivity contribution is -0.142. The van der Waals surface area contributed by atoms with Gasteiger partial charge < -0.3 is 60.3 Å². The summed E-state index contributed by atoms with van der Waals surface area (Å²) in [4.78, 5) is 52.5. The Labute approximate surface area is 356 Å². The Morgan fingerprint density at radius 2 is 1.51 bits per heavy atom. The molecule has 1 heterocycles. The van der Waals surface area contributed by atoms with Gasteiger partial charge in [0.1, 0.15) is 24.3 Å². The summed E-state index contributed by atoms with van der Waals surface area (Å²) in [7, 11) is 1.85. The van der Waals surface area contributed by atoms with E-state index < -0.39 is 72.0 Å². The molecular formula is C43H62F2N6O10. The number of nitrogens with zero attached hydrogens (tertiary/aromatic N) is 2. The van der Waals surface area contributed by atoms with Gasteiger partial charge in [-0.3, -0.25) is 14.4 Å². The van der Waals surface area contributed by atoms with Crippen molar-refractivity contribution in [2.75, 3.05) is 86.1 Å². The molecule has 16 nitrogen and oxygen atoms in total. The average Bonchev–Trinajstić information content (AvgIpc) is 3.63. The summed E-state index contributed by atoms with van der Waals surface area (Å²) >= 11 is 0. The number of amides is 3. The fourth-order valence-electron chi connectivity index (χ4n) is 6.39. The van der Waals surface area contributed by atoms with Crippen molar-refractivity contribution in [1.82, 2.24) is 25.4 Å². The molecule has 18 heteroatoms. The molecule has 61 heavy (non-hydrogen) atoms. The Morgan fingerprint density at radius 1 is 0.885 bits per heavy atom. The molecule has 3 amide bonds. The molecular weight excluding hydrogens is 799 g/mol. The summed E-state index contributed by atoms with van der Waals surface area (Å²) in [5, 5.41) is 27.7. The van der Waals surface area contributed by atoms with Crippen molar-refractivity contribution in [2.24, 2.45) is 11.1 Å². The van der Waals surface area contributed by atoms with E-state index in [9.17, 15) is 33.8 Å². The first kappa shape index (κ1) is 50.5. The zero-order valence-electron chi connectivity index (χ0n) is 35.5. The molecule has 3 rings (SSSR count). The number of aliphatic hydroxyl groups is 1. The highest BCUT2D eigenvalue weighted by atomic mass is 19.1. The molecule has 0 aliphatic carbocycles. The standard InChI is InChI=1S/C43H62F2N6O10/c1-43(2,3)40(37-24-31(33-25-32(44)10-11-34(33)45)28-50(37)27-30-8-6-5-7-9-30)51(39(54)29-52)15-12-35(46)41(55)49-36(42(56)57)26-48-38(53)13-16-58-18-20-60-22-23-61-21-19-59-17-14-47-4/h5-11,24-25,28,35-36,40,47,52H,12-23,26-27,29,46H2,1-4H3,(H,48,53)(H,49,55)(H,56,57)/t35-,36+,40-/m0/s1. The highest BCUT2D eigenvalue weighted by Crippen LogP contribution is 2.41. The number of halogens is 2. The van der Waals surface area contributed by atoms with Gasteiger partial charge in [0.2, 0.25) is 17.7 Å². The zero-order chi connectivity index (χ0) is 44.8. The van der Waals surface area contributed by atoms with Gasteiger partial charge in [-0.05, 0) is 48.7 Å². The number of aliphatic hydroxyl groups excluding tert-OH is 1. The average molecular weight is 861 g/mol. The molecule has 0 bridgehead atoms. The van der Waals surface area contributed by atoms with Crippen LogP contribution in [0.25, 0.3) is 11.1 Å². The number of nitrogens with two attached hydrogens (primary N) is 1. The Morgan fingerprint density at radius 3 is 2.10 bits per heavy atom. The SMILES string of the molecule is CNCCOCCOCCOCCOCCC(=O)NC[C@@H](NC(=O)[C@@H](N)CCN(C(=O)CO)[C@@H](c1cc(-c2cc(F)ccc2F)cn1Cc1ccccc1)C(C)(C)C)C(=O)O. The van der Waals surface area contributed by atoms with Crippen LogP contribution in [-0.2, 0) is 44.7 Å². The molecule has 338 valence electrons. The topological polar surface area (TPSA) is 216 Å². The Hall–Kier alpha value is -4.82. The van der Waals surface area contributed by atoms with Crippen molar-refractivity contribution < 1.29 is 57.1 Å². The Bertz CT molecular complexity index is 1810. The third kappa shape index (κ3) is 17.6. The normalized spacial score (nSPS) is 13.0. The van der Waals surface area contributed by atoms with E-state index in [-0.39, 0.29) is 38.2 Å². The number of hydrogen-bond donors (Lipinski definition) is 6. The molecule has 1 aromatic heterocycles. The first-order valence-electron chi connectivity index (χ1n) is 20.3. The molecule has 0 unspecified atom stereocenters. The first-order valence-corrected chi connectivity index (χ1v) is 20.3. The van der Waals surface area contributed by atoms with E-state index >= 15 is 4.39 Å². The largest absolute Gasteiger partial charge is 0.480 e. The van der Waals surface area contributed by atoms with E-state index in [4.69, 9.17) is 24.7 Å². The van der Waals surface area contributed by atoms with Crippen molar-refractivity contribution in [3.8, 4) is 11.1 Å². The van der Waals surface area contributed by atoms with E-state index in [0.29, 0.717) is 57.4 Å². The summed E-state index contributed by atoms with van der Waals surface area (Å²) < 4.78 is 52.8. The highest BCUT2D eigenvalue weighted by Gasteiger charge is 2.37. The highest BCUT2D eigenvalue weighted by molar-refractivity contribution is 5.87. The number of aliphatic carboxylic acids is 1. The maximum atomic E-state index is 15.1. The molecule has 0 saturated heterocycles. The minimum atomic E-state index is -1.51. The van der Waals surface area contributed by atoms with Gasteiger partial charge in [-0.2, -0.15) is 0 Å². The number of likely N-dealkylation sites (N-methyl/N-ethyl adjacent to an activating group) is 1. The van der Waals surface area contributed by atoms with Crippen molar-refractivity contribution >= 4 is 23.7 Å². The summed E-state index contributed by atoms with van der Waals surface area (Å²) in [6, 6.07) is 10.6. The summed E-state index contributed by atoms with van der Waals surface area (Å²) in [6.45, 7) is 8.19. The summed E-state index contributed by atoms with van der Waals surface area (Å²) in [5.41, 5.74) is 7.37. The Kier molecular flexibility index (Phi) is 22.0. The van der Waals surface area contributed by atoms with Gasteiger partial charge in [0, 0.05) is 55.6 Å². The molecule has 0 spiro atoms. The lowest BCUT2D eigenvalue weighted by Gasteiger charge is -2.41. The van der Waals surface area contributed by atoms with Crippen LogP contribution >= 0.6 is 0 Å². The Balaban J connectivity index is 1.59. The van der Waals surface area contributed by atoms with Gasteiger partial charge in [-0.1, -0.05) is 51.1 Å². The van der Waals surface area contributed by atoms with Crippen molar-refractivity contribution in [2.45, 2.75) is 58.3 Å². The number of carbonyl (C=O) groups is 4. The number of aromatic nitrogens is 1. The number of benzene rings is 2. The quantitative estimate of drug-likeness (QED) is 0.0556. The number of carboxylic acids is 1. The molecule has 0 aliphatic rings. The van der Waals surface area contributed by atoms with E-state index in [2.05, 4.69) is 16.0 Å². The number of carbonyl (C=O) groups excluding carboxylic acids is 3. The fourth-order valence-corrected chi connectivity index (χ4v) is 6.39. The van der Waals surface area contributed by atoms with Crippen LogP contribution < -0.4 is 21.7 Å². The number of carboxylic acid groups (broad SMARTS) is 1. The summed E-state index contributed by atoms with van der Waals surface area (Å²) in [5.74, 6) is -4.69. The van der Waals surface area contributed by atoms with Crippen LogP contribution in [0.1, 0.15) is 50.9 Å². The van der Waals surface area contributed by atoms with Crippen LogP contribution in [0, 0.1) is 17.0 Å². The van der Waals surface area contributed by atoms with Crippen molar-refractivity contribution in [1.29, 1.82) is 0 Å². The molecule has 3 aromatic rings. The maximum Gasteiger partial charge on any atom is 0.328 e. The number of ether oxygens (including phenoxy) is 4. The van der Waals surface area contributed by atoms with E-state index in [1.54, 1.807) is 12.3 Å². The van der Waals surface area contributed by atoms with Gasteiger partial charge in [-0.25, -0.2) is 13.6 Å². The summed E-state index contributed by atoms with van der Waals surface area (Å²) in [6.07, 6.45) is 1.47. The van der Waals surface area contributed by atoms with Gasteiger partial charge >= 0.3 is 5.97 Å². The third-order valence-electron chi connectivity index (χ3n) is 9.45. The number of nitrogens with one attached hydrogen (secondary N) is 3. The molecule has 0 radical (unpaired) electrons. The molecule has 0 saturated carbocycles. The van der Waals surface area contributed by atoms with Gasteiger partial charge in [0.05, 0.1) is 64.9 Å². The minimum Gasteiger partial charge on any atom is -0.480 e. The second kappa shape index (κ2) is 26.5. The zero-order valence-corrected chi connectivity index (χ0v) is 35.5. The minimum absolute atomic E-state index is 0.0222. The predicted molar refractivity (Wildman–Crippen MR) is 223 cm³/mol. The second-order valence-corrected chi connectivity index (χ2v) is 15.3. The van der Waals surface area contributed by atoms with Gasteiger partial charge in [-0.15, -0.1) is 0 Å². The lowest BCUT2D eigenvalue weighted by Crippen LogP contribution is -2.53. The van der Waals surface area contributed by atoms with E-state index in [1.165, 1.54) is 4.90 Å². The number of hydrogen-bond acceptors (Lipinski definition) is 11. The smallest absolute Gasteiger partial charge is 0.328 e. The first-order chi connectivity index (χ1) is 29.2. The molecule has 2 aromatic carbocycles. The molecule has 0 aliphatic heterocycles. The van der Waals surface area contributed by atoms with Crippen LogP contribution in [0.4, 0.5) is 8.78 Å². The lowest BCUT2D eigenvalue weighted by atomic mass is 9.82. The van der Waals surface area contributed by atoms with Crippen molar-refractivity contribution in [3.05, 3.63) is 83.7 Å². The van der Waals surface area contributed by atoms with Crippen LogP contribution in [0.3, 0.4) is 0 Å². The van der Waals surface area contributed by atoms with Gasteiger partial charge in [0.25, 0.3) is 0 Å². The van der Waals surface area contributed by atoms with Crippen molar-refractivity contribution in [3.63, 3.8) is 0 Å². The third-order valence-corrected chi connectivity index (χ3v) is 9.45. The van der Waals surface area contributed by atoms with Crippen LogP contribution in [0.5, 0.6) is 0 Å². The second-order valence-electron chi connectivity index (χ2n) is 15.3. The molecule has 7 N–H and O–H groups in total.